The molecule has 3 aromatic carbocycles. The summed E-state index contributed by atoms with van der Waals surface area (Å²) in [5.41, 5.74) is 7.74. The highest BCUT2D eigenvalue weighted by Crippen LogP contribution is 2.28. The minimum absolute atomic E-state index is 0. The number of ether oxygens (including phenoxy) is 1. The number of methoxy groups -OCH3 is 1. The molecule has 3 aliphatic heterocycles. The molecule has 0 atom stereocenters. The van der Waals surface area contributed by atoms with Crippen molar-refractivity contribution in [2.24, 2.45) is 0 Å². The van der Waals surface area contributed by atoms with Gasteiger partial charge in [-0.05, 0) is 98.7 Å². The van der Waals surface area contributed by atoms with Gasteiger partial charge in [-0.15, -0.1) is 11.6 Å². The van der Waals surface area contributed by atoms with Crippen LogP contribution in [-0.2, 0) is 27.9 Å². The molecule has 3 aromatic heterocycles. The number of sulfonamides is 1. The summed E-state index contributed by atoms with van der Waals surface area (Å²) in [4.78, 5) is 43.5. The number of amides is 1. The second kappa shape index (κ2) is 36.5. The molecule has 6 heterocycles. The Morgan fingerprint density at radius 1 is 0.566 bits per heavy atom. The van der Waals surface area contributed by atoms with Crippen molar-refractivity contribution in [3.05, 3.63) is 169 Å². The Hall–Kier alpha value is -6.22. The molecule has 83 heavy (non-hydrogen) atoms. The number of halogens is 1. The first-order chi connectivity index (χ1) is 39.7. The maximum absolute atomic E-state index is 13.2. The Morgan fingerprint density at radius 2 is 0.964 bits per heavy atom. The third-order valence-corrected chi connectivity index (χ3v) is 17.3. The number of carbonyl (C=O) groups excluding carboxylic acids is 1. The Balaban J connectivity index is 0.000000223. The number of piperazine rings is 3. The van der Waals surface area contributed by atoms with Gasteiger partial charge in [0.25, 0.3) is 0 Å². The van der Waals surface area contributed by atoms with Crippen LogP contribution in [0.15, 0.2) is 151 Å². The maximum atomic E-state index is 13.2. The van der Waals surface area contributed by atoms with Crippen molar-refractivity contribution in [2.45, 2.75) is 45.7 Å². The summed E-state index contributed by atoms with van der Waals surface area (Å²) in [5, 5.41) is 3.33. The van der Waals surface area contributed by atoms with Crippen molar-refractivity contribution < 1.29 is 17.9 Å². The zero-order valence-corrected chi connectivity index (χ0v) is 51.3. The number of hydrogen-bond acceptors (Lipinski definition) is 15. The van der Waals surface area contributed by atoms with Crippen molar-refractivity contribution in [1.29, 1.82) is 0 Å². The van der Waals surface area contributed by atoms with E-state index in [0.717, 1.165) is 118 Å². The third kappa shape index (κ3) is 23.0. The molecule has 1 N–H and O–H groups in total. The minimum Gasteiger partial charge on any atom is -0.497 e. The molecule has 3 fully saturated rings. The maximum Gasteiger partial charge on any atom is 0.243 e. The molecule has 452 valence electrons. The van der Waals surface area contributed by atoms with Gasteiger partial charge in [-0.3, -0.25) is 29.5 Å². The molecule has 0 spiro atoms. The summed E-state index contributed by atoms with van der Waals surface area (Å²) in [5.74, 6) is 1.26. The predicted octanol–water partition coefficient (Wildman–Crippen LogP) is 7.82. The van der Waals surface area contributed by atoms with Gasteiger partial charge in [0.2, 0.25) is 15.9 Å². The van der Waals surface area contributed by atoms with Crippen molar-refractivity contribution >= 4 is 44.6 Å². The van der Waals surface area contributed by atoms with E-state index in [4.69, 9.17) is 16.3 Å². The van der Waals surface area contributed by atoms with E-state index >= 15 is 0 Å². The molecule has 6 aromatic rings. The first-order valence-corrected chi connectivity index (χ1v) is 30.7. The van der Waals surface area contributed by atoms with Crippen LogP contribution in [0, 0.1) is 13.8 Å². The van der Waals surface area contributed by atoms with Gasteiger partial charge in [-0.2, -0.15) is 0 Å². The van der Waals surface area contributed by atoms with E-state index in [-0.39, 0.29) is 31.2 Å². The summed E-state index contributed by atoms with van der Waals surface area (Å²) >= 11 is 5.62. The van der Waals surface area contributed by atoms with Crippen LogP contribution in [0.5, 0.6) is 5.75 Å². The number of likely N-dealkylation sites (N-methyl/N-ethyl adjacent to an activating group) is 2. The SMILES string of the molecule is C.CN(CCCl)Cc1ccccc1.CN(CCN1CCN(c2ccncc2)CC1)Cc1ccccc1.COc1cc(C)c(S(=O)(=O)N(C)CCC(=O)N(C)CCN2CCN(c3ccncc3)CC2)c(C)c1.c1cc(N2CCNCC2)ccn1. The number of rotatable bonds is 21. The molecular weight excluding hydrogens is 1080 g/mol. The summed E-state index contributed by atoms with van der Waals surface area (Å²) in [6, 6.07) is 36.9. The largest absolute Gasteiger partial charge is 0.497 e. The lowest BCUT2D eigenvalue weighted by atomic mass is 10.1. The van der Waals surface area contributed by atoms with Gasteiger partial charge in [0.05, 0.1) is 12.0 Å². The van der Waals surface area contributed by atoms with Crippen LogP contribution in [-0.4, -0.2) is 217 Å². The quantitative estimate of drug-likeness (QED) is 0.0701. The highest BCUT2D eigenvalue weighted by Gasteiger charge is 2.27. The van der Waals surface area contributed by atoms with E-state index in [1.165, 1.54) is 39.5 Å². The van der Waals surface area contributed by atoms with E-state index in [1.807, 2.05) is 55.4 Å². The topological polar surface area (TPSA) is 140 Å². The number of nitrogens with one attached hydrogen (secondary N) is 1. The smallest absolute Gasteiger partial charge is 0.243 e. The first kappa shape index (κ1) is 67.6. The number of aryl methyl sites for hydroxylation is 2. The van der Waals surface area contributed by atoms with Gasteiger partial charge in [-0.25, -0.2) is 12.7 Å². The van der Waals surface area contributed by atoms with E-state index in [1.54, 1.807) is 45.0 Å². The van der Waals surface area contributed by atoms with Gasteiger partial charge in [0.1, 0.15) is 5.75 Å². The van der Waals surface area contributed by atoms with E-state index in [0.29, 0.717) is 29.3 Å². The lowest BCUT2D eigenvalue weighted by molar-refractivity contribution is -0.130. The molecule has 0 radical (unpaired) electrons. The molecule has 19 heteroatoms. The molecule has 0 aliphatic carbocycles. The van der Waals surface area contributed by atoms with Crippen LogP contribution in [0.3, 0.4) is 0 Å². The minimum atomic E-state index is -3.71. The average molecular weight is 1180 g/mol. The number of pyridine rings is 3. The monoisotopic (exact) mass is 1180 g/mol. The van der Waals surface area contributed by atoms with Crippen molar-refractivity contribution in [2.75, 3.05) is 174 Å². The normalized spacial score (nSPS) is 14.8. The molecule has 3 aliphatic rings. The van der Waals surface area contributed by atoms with Gasteiger partial charge >= 0.3 is 0 Å². The third-order valence-electron chi connectivity index (χ3n) is 15.0. The molecule has 0 bridgehead atoms. The van der Waals surface area contributed by atoms with Gasteiger partial charge in [0.15, 0.2) is 0 Å². The fraction of sp³-hybridized carbons (Fsp3) is 0.469. The number of anilines is 3. The molecule has 17 nitrogen and oxygen atoms in total. The zero-order valence-electron chi connectivity index (χ0n) is 49.7. The number of alkyl halides is 1. The number of nitrogens with zero attached hydrogens (tertiary/aromatic N) is 12. The average Bonchev–Trinajstić information content (AvgIpc) is 3.65. The van der Waals surface area contributed by atoms with E-state index in [9.17, 15) is 13.2 Å². The summed E-state index contributed by atoms with van der Waals surface area (Å²) in [6.45, 7) is 22.9. The van der Waals surface area contributed by atoms with Crippen LogP contribution in [0.4, 0.5) is 17.1 Å². The zero-order chi connectivity index (χ0) is 58.5. The summed E-state index contributed by atoms with van der Waals surface area (Å²) in [7, 11) is 5.43. The Kier molecular flexibility index (Phi) is 29.7. The molecule has 9 rings (SSSR count). The second-order valence-corrected chi connectivity index (χ2v) is 23.5. The second-order valence-electron chi connectivity index (χ2n) is 21.1. The number of benzene rings is 3. The molecular formula is C64H94ClN13O4S. The van der Waals surface area contributed by atoms with Crippen LogP contribution in [0.1, 0.15) is 36.1 Å². The van der Waals surface area contributed by atoms with Gasteiger partial charge in [-0.1, -0.05) is 68.1 Å². The van der Waals surface area contributed by atoms with Crippen molar-refractivity contribution in [3.63, 3.8) is 0 Å². The van der Waals surface area contributed by atoms with Crippen LogP contribution in [0.25, 0.3) is 0 Å². The fourth-order valence-electron chi connectivity index (χ4n) is 10.0. The Morgan fingerprint density at radius 3 is 1.37 bits per heavy atom. The van der Waals surface area contributed by atoms with Crippen LogP contribution < -0.4 is 24.8 Å². The summed E-state index contributed by atoms with van der Waals surface area (Å²) < 4.78 is 32.8. The molecule has 0 saturated carbocycles. The lowest BCUT2D eigenvalue weighted by Crippen LogP contribution is -2.48. The van der Waals surface area contributed by atoms with Gasteiger partial charge in [0, 0.05) is 212 Å². The van der Waals surface area contributed by atoms with Crippen molar-refractivity contribution in [1.82, 2.24) is 49.1 Å². The Bertz CT molecular complexity index is 2790. The van der Waals surface area contributed by atoms with E-state index < -0.39 is 10.0 Å². The molecule has 3 saturated heterocycles. The lowest BCUT2D eigenvalue weighted by Gasteiger charge is -2.36. The highest BCUT2D eigenvalue weighted by molar-refractivity contribution is 7.89. The van der Waals surface area contributed by atoms with Crippen molar-refractivity contribution in [3.8, 4) is 5.75 Å². The number of carbonyl (C=O) groups is 1. The van der Waals surface area contributed by atoms with Gasteiger partial charge < -0.3 is 39.5 Å². The fourth-order valence-corrected chi connectivity index (χ4v) is 11.9. The standard InChI is InChI=1S/C25H37N5O4S.C19H26N4.C10H14ClN.C9H13N3.CH4/c1-20-18-23(34-5)19-21(2)25(20)35(32,33)28(4)11-8-24(31)27(3)12-13-29-14-16-30(17-15-29)22-6-9-26-10-7-22;1-21(17-18-5-3-2-4-6-18)11-12-22-13-15-23(16-14-22)19-7-9-20-10-8-19;1-12(8-7-11)9-10-5-3-2-4-6-10;1-3-10-4-2-9(1)12-7-5-11-6-8-12;/h6-7,9-10,18-19H,8,11-17H2,1-5H3;2-10H,11-17H2,1H3;2-6H,7-9H2,1H3;1-4,11H,5-8H2;1H4. The number of aromatic nitrogens is 3. The van der Waals surface area contributed by atoms with Crippen LogP contribution in [0.2, 0.25) is 0 Å². The summed E-state index contributed by atoms with van der Waals surface area (Å²) in [6.07, 6.45) is 11.2. The molecule has 0 unspecified atom stereocenters. The molecule has 1 amide bonds. The van der Waals surface area contributed by atoms with E-state index in [2.05, 4.69) is 148 Å². The first-order valence-electron chi connectivity index (χ1n) is 28.7. The van der Waals surface area contributed by atoms with Crippen LogP contribution >= 0.6 is 11.6 Å². The Labute approximate surface area is 502 Å². The predicted molar refractivity (Wildman–Crippen MR) is 343 cm³/mol. The highest BCUT2D eigenvalue weighted by atomic mass is 35.5. The number of hydrogen-bond donors (Lipinski definition) is 1.